The number of carbonyl (C=O) groups is 1. The highest BCUT2D eigenvalue weighted by molar-refractivity contribution is 7.99. The van der Waals surface area contributed by atoms with Gasteiger partial charge in [0.1, 0.15) is 12.2 Å². The molecule has 4 aromatic rings. The van der Waals surface area contributed by atoms with Gasteiger partial charge in [0.15, 0.2) is 0 Å². The van der Waals surface area contributed by atoms with Gasteiger partial charge in [-0.3, -0.25) is 4.79 Å². The van der Waals surface area contributed by atoms with Gasteiger partial charge in [0, 0.05) is 40.6 Å². The lowest BCUT2D eigenvalue weighted by Crippen LogP contribution is -2.66. The SMILES string of the molecule is C=CC[C@@H]1O[C@H](c2cccc(Cl)c2)[C@@H](c2ccc(Cl)cc2)N([C@@H](CC)CSCCO[Si](c2ccccc2)(c2ccccc2)C(C)(C)C)C1=O. The molecule has 4 atom stereocenters. The number of benzene rings is 4. The molecule has 1 amide bonds. The Morgan fingerprint density at radius 3 is 2.08 bits per heavy atom. The monoisotopic (exact) mass is 731 g/mol. The van der Waals surface area contributed by atoms with Gasteiger partial charge in [-0.05, 0) is 57.2 Å². The minimum Gasteiger partial charge on any atom is -0.407 e. The normalized spacial score (nSPS) is 19.1. The Bertz CT molecular complexity index is 1630. The molecule has 5 rings (SSSR count). The van der Waals surface area contributed by atoms with Crippen molar-refractivity contribution < 1.29 is 14.0 Å². The summed E-state index contributed by atoms with van der Waals surface area (Å²) in [6, 6.07) is 36.6. The number of thioether (sulfide) groups is 1. The third kappa shape index (κ3) is 8.38. The summed E-state index contributed by atoms with van der Waals surface area (Å²) in [6.07, 6.45) is 1.93. The van der Waals surface area contributed by atoms with Crippen LogP contribution in [0.1, 0.15) is 63.8 Å². The van der Waals surface area contributed by atoms with Crippen molar-refractivity contribution in [2.45, 2.75) is 69.9 Å². The van der Waals surface area contributed by atoms with Crippen LogP contribution in [0.15, 0.2) is 122 Å². The van der Waals surface area contributed by atoms with Gasteiger partial charge in [-0.25, -0.2) is 0 Å². The second-order valence-corrected chi connectivity index (χ2v) is 19.8. The molecule has 1 saturated heterocycles. The summed E-state index contributed by atoms with van der Waals surface area (Å²) in [5.41, 5.74) is 1.90. The van der Waals surface area contributed by atoms with Crippen molar-refractivity contribution in [2.24, 2.45) is 0 Å². The molecule has 49 heavy (non-hydrogen) atoms. The van der Waals surface area contributed by atoms with Gasteiger partial charge in [-0.15, -0.1) is 6.58 Å². The predicted octanol–water partition coefficient (Wildman–Crippen LogP) is 9.67. The minimum atomic E-state index is -2.63. The van der Waals surface area contributed by atoms with Gasteiger partial charge in [0.05, 0.1) is 6.04 Å². The number of ether oxygens (including phenoxy) is 1. The topological polar surface area (TPSA) is 38.8 Å². The Hall–Kier alpha value is -2.84. The molecular formula is C41H47Cl2NO3SSi. The second-order valence-electron chi connectivity index (χ2n) is 13.5. The van der Waals surface area contributed by atoms with E-state index in [0.29, 0.717) is 23.1 Å². The summed E-state index contributed by atoms with van der Waals surface area (Å²) in [5, 5.41) is 3.73. The lowest BCUT2D eigenvalue weighted by molar-refractivity contribution is -0.178. The Morgan fingerprint density at radius 2 is 1.53 bits per heavy atom. The summed E-state index contributed by atoms with van der Waals surface area (Å²) in [4.78, 5) is 16.4. The second kappa shape index (κ2) is 16.9. The van der Waals surface area contributed by atoms with Crippen molar-refractivity contribution >= 4 is 59.6 Å². The van der Waals surface area contributed by atoms with Crippen molar-refractivity contribution in [1.29, 1.82) is 0 Å². The quantitative estimate of drug-likeness (QED) is 0.0736. The fourth-order valence-corrected chi connectivity index (χ4v) is 13.1. The molecule has 1 aliphatic heterocycles. The Labute approximate surface area is 307 Å². The van der Waals surface area contributed by atoms with E-state index < -0.39 is 20.5 Å². The lowest BCUT2D eigenvalue weighted by atomic mass is 9.89. The first-order chi connectivity index (χ1) is 23.6. The van der Waals surface area contributed by atoms with Crippen LogP contribution in [-0.2, 0) is 14.0 Å². The van der Waals surface area contributed by atoms with Crippen LogP contribution in [0.5, 0.6) is 0 Å². The predicted molar refractivity (Wildman–Crippen MR) is 210 cm³/mol. The van der Waals surface area contributed by atoms with Crippen LogP contribution in [-0.4, -0.2) is 49.4 Å². The van der Waals surface area contributed by atoms with Gasteiger partial charge in [-0.2, -0.15) is 11.8 Å². The maximum Gasteiger partial charge on any atom is 0.261 e. The standard InChI is InChI=1S/C41H47Cl2NO3SSi/c1-6-15-37-40(45)44(38(30-22-24-32(42)25-23-30)39(47-37)31-16-14-17-33(43)28-31)34(7-2)29-48-27-26-46-49(41(3,4)5,35-18-10-8-11-19-35)36-20-12-9-13-21-36/h6,8-14,16-25,28,34,37-39H,1,7,15,26-27,29H2,2-5H3/t34-,37-,38+,39+/m0/s1. The van der Waals surface area contributed by atoms with Crippen LogP contribution in [0.2, 0.25) is 15.1 Å². The van der Waals surface area contributed by atoms with E-state index in [0.717, 1.165) is 29.1 Å². The third-order valence-corrected chi connectivity index (χ3v) is 15.9. The molecular weight excluding hydrogens is 686 g/mol. The molecule has 1 fully saturated rings. The zero-order valence-corrected chi connectivity index (χ0v) is 32.2. The number of hydrogen-bond donors (Lipinski definition) is 0. The molecule has 0 N–H and O–H groups in total. The van der Waals surface area contributed by atoms with Crippen molar-refractivity contribution in [3.63, 3.8) is 0 Å². The third-order valence-electron chi connectivity index (χ3n) is 9.33. The van der Waals surface area contributed by atoms with E-state index in [1.54, 1.807) is 6.08 Å². The van der Waals surface area contributed by atoms with E-state index in [9.17, 15) is 4.79 Å². The van der Waals surface area contributed by atoms with Gasteiger partial charge in [0.2, 0.25) is 0 Å². The molecule has 0 spiro atoms. The highest BCUT2D eigenvalue weighted by Gasteiger charge is 2.50. The number of rotatable bonds is 14. The molecule has 1 aliphatic rings. The van der Waals surface area contributed by atoms with Crippen molar-refractivity contribution in [2.75, 3.05) is 18.1 Å². The average molecular weight is 733 g/mol. The maximum absolute atomic E-state index is 14.3. The van der Waals surface area contributed by atoms with E-state index in [1.165, 1.54) is 10.4 Å². The zero-order valence-electron chi connectivity index (χ0n) is 28.9. The molecule has 0 aliphatic carbocycles. The first-order valence-electron chi connectivity index (χ1n) is 17.0. The summed E-state index contributed by atoms with van der Waals surface area (Å²) >= 11 is 14.7. The van der Waals surface area contributed by atoms with Gasteiger partial charge >= 0.3 is 0 Å². The van der Waals surface area contributed by atoms with Crippen LogP contribution in [0.25, 0.3) is 0 Å². The van der Waals surface area contributed by atoms with Crippen LogP contribution in [0.4, 0.5) is 0 Å². The van der Waals surface area contributed by atoms with Crippen LogP contribution >= 0.6 is 35.0 Å². The number of morpholine rings is 1. The van der Waals surface area contributed by atoms with E-state index in [4.69, 9.17) is 32.4 Å². The smallest absolute Gasteiger partial charge is 0.261 e. The maximum atomic E-state index is 14.3. The number of amides is 1. The largest absolute Gasteiger partial charge is 0.407 e. The molecule has 8 heteroatoms. The Balaban J connectivity index is 1.41. The fraction of sp³-hybridized carbons (Fsp3) is 0.341. The van der Waals surface area contributed by atoms with Gasteiger partial charge in [-0.1, -0.05) is 142 Å². The van der Waals surface area contributed by atoms with Crippen molar-refractivity contribution in [1.82, 2.24) is 4.90 Å². The average Bonchev–Trinajstić information content (AvgIpc) is 3.10. The molecule has 4 nitrogen and oxygen atoms in total. The molecule has 0 saturated carbocycles. The van der Waals surface area contributed by atoms with Gasteiger partial charge < -0.3 is 14.1 Å². The van der Waals surface area contributed by atoms with Gasteiger partial charge in [0.25, 0.3) is 14.2 Å². The summed E-state index contributed by atoms with van der Waals surface area (Å²) in [5.74, 6) is 1.55. The van der Waals surface area contributed by atoms with Crippen molar-refractivity contribution in [3.05, 3.63) is 143 Å². The van der Waals surface area contributed by atoms with Crippen LogP contribution in [0.3, 0.4) is 0 Å². The van der Waals surface area contributed by atoms with E-state index >= 15 is 0 Å². The van der Waals surface area contributed by atoms with E-state index in [-0.39, 0.29) is 23.0 Å². The Morgan fingerprint density at radius 1 is 0.898 bits per heavy atom. The lowest BCUT2D eigenvalue weighted by Gasteiger charge is -2.48. The van der Waals surface area contributed by atoms with Crippen LogP contribution in [0, 0.1) is 0 Å². The zero-order chi connectivity index (χ0) is 35.0. The van der Waals surface area contributed by atoms with E-state index in [2.05, 4.69) is 99.8 Å². The molecule has 258 valence electrons. The summed E-state index contributed by atoms with van der Waals surface area (Å²) in [7, 11) is -2.63. The highest BCUT2D eigenvalue weighted by Crippen LogP contribution is 2.45. The molecule has 0 bridgehead atoms. The first kappa shape index (κ1) is 37.4. The molecule has 4 aromatic carbocycles. The highest BCUT2D eigenvalue weighted by atomic mass is 35.5. The number of nitrogens with zero attached hydrogens (tertiary/aromatic N) is 1. The number of carbonyl (C=O) groups excluding carboxylic acids is 1. The molecule has 1 heterocycles. The fourth-order valence-electron chi connectivity index (χ4n) is 7.04. The molecule has 0 unspecified atom stereocenters. The van der Waals surface area contributed by atoms with E-state index in [1.807, 2.05) is 60.3 Å². The van der Waals surface area contributed by atoms with Crippen LogP contribution < -0.4 is 10.4 Å². The number of halogens is 2. The Kier molecular flexibility index (Phi) is 12.9. The minimum absolute atomic E-state index is 0.0193. The first-order valence-corrected chi connectivity index (χ1v) is 20.8. The molecule has 0 aromatic heterocycles. The number of hydrogen-bond acceptors (Lipinski definition) is 4. The van der Waals surface area contributed by atoms with Crippen molar-refractivity contribution in [3.8, 4) is 0 Å². The summed E-state index contributed by atoms with van der Waals surface area (Å²) < 4.78 is 13.8. The summed E-state index contributed by atoms with van der Waals surface area (Å²) in [6.45, 7) is 13.6. The molecule has 0 radical (unpaired) electrons.